The molecule has 1 aliphatic rings. The fraction of sp³-hybridized carbons (Fsp3) is 0.500. The normalized spacial score (nSPS) is 24.5. The predicted molar refractivity (Wildman–Crippen MR) is 64.5 cm³/mol. The van der Waals surface area contributed by atoms with Crippen molar-refractivity contribution in [3.05, 3.63) is 35.4 Å². The van der Waals surface area contributed by atoms with Crippen molar-refractivity contribution < 1.29 is 4.74 Å². The molecule has 1 heterocycles. The van der Waals surface area contributed by atoms with Crippen LogP contribution < -0.4 is 0 Å². The van der Waals surface area contributed by atoms with E-state index in [1.165, 1.54) is 11.1 Å². The maximum Gasteiger partial charge on any atom is 0.0801 e. The SMILES string of the molecule is C[C@@H]1OC[C@H](N(C)C)c2ccccc21.Cl. The van der Waals surface area contributed by atoms with E-state index in [9.17, 15) is 0 Å². The molecule has 0 aliphatic carbocycles. The smallest absolute Gasteiger partial charge is 0.0801 e. The summed E-state index contributed by atoms with van der Waals surface area (Å²) in [6.45, 7) is 2.91. The highest BCUT2D eigenvalue weighted by atomic mass is 35.5. The molecule has 2 rings (SSSR count). The van der Waals surface area contributed by atoms with Gasteiger partial charge in [-0.3, -0.25) is 0 Å². The number of hydrogen-bond donors (Lipinski definition) is 0. The van der Waals surface area contributed by atoms with Gasteiger partial charge in [0.25, 0.3) is 0 Å². The molecule has 0 radical (unpaired) electrons. The summed E-state index contributed by atoms with van der Waals surface area (Å²) in [5, 5.41) is 0. The van der Waals surface area contributed by atoms with E-state index in [-0.39, 0.29) is 18.5 Å². The zero-order chi connectivity index (χ0) is 10.1. The lowest BCUT2D eigenvalue weighted by atomic mass is 9.94. The molecule has 0 fully saturated rings. The Morgan fingerprint density at radius 3 is 2.40 bits per heavy atom. The molecular weight excluding hydrogens is 210 g/mol. The molecule has 0 spiro atoms. The summed E-state index contributed by atoms with van der Waals surface area (Å²) in [6, 6.07) is 8.96. The quantitative estimate of drug-likeness (QED) is 0.732. The summed E-state index contributed by atoms with van der Waals surface area (Å²) in [5.74, 6) is 0. The van der Waals surface area contributed by atoms with Gasteiger partial charge in [0, 0.05) is 0 Å². The Bertz CT molecular complexity index is 327. The largest absolute Gasteiger partial charge is 0.372 e. The second kappa shape index (κ2) is 4.97. The van der Waals surface area contributed by atoms with E-state index < -0.39 is 0 Å². The van der Waals surface area contributed by atoms with Crippen molar-refractivity contribution in [2.75, 3.05) is 20.7 Å². The van der Waals surface area contributed by atoms with Gasteiger partial charge >= 0.3 is 0 Å². The molecule has 1 aromatic rings. The van der Waals surface area contributed by atoms with Crippen LogP contribution in [0.3, 0.4) is 0 Å². The molecule has 15 heavy (non-hydrogen) atoms. The number of fused-ring (bicyclic) bond motifs is 1. The van der Waals surface area contributed by atoms with Crippen LogP contribution in [-0.2, 0) is 4.74 Å². The highest BCUT2D eigenvalue weighted by molar-refractivity contribution is 5.85. The average molecular weight is 228 g/mol. The van der Waals surface area contributed by atoms with Gasteiger partial charge in [0.15, 0.2) is 0 Å². The Labute approximate surface area is 97.6 Å². The van der Waals surface area contributed by atoms with Gasteiger partial charge in [-0.15, -0.1) is 12.4 Å². The van der Waals surface area contributed by atoms with Gasteiger partial charge in [-0.05, 0) is 32.1 Å². The third-order valence-corrected chi connectivity index (χ3v) is 2.92. The van der Waals surface area contributed by atoms with Crippen molar-refractivity contribution >= 4 is 12.4 Å². The van der Waals surface area contributed by atoms with Crippen LogP contribution in [0.2, 0.25) is 0 Å². The number of benzene rings is 1. The molecule has 2 nitrogen and oxygen atoms in total. The van der Waals surface area contributed by atoms with E-state index in [4.69, 9.17) is 4.74 Å². The molecule has 0 saturated carbocycles. The molecular formula is C12H18ClNO. The number of nitrogens with zero attached hydrogens (tertiary/aromatic N) is 1. The molecule has 0 amide bonds. The van der Waals surface area contributed by atoms with Crippen LogP contribution in [0, 0.1) is 0 Å². The fourth-order valence-corrected chi connectivity index (χ4v) is 2.03. The monoisotopic (exact) mass is 227 g/mol. The number of likely N-dealkylation sites (N-methyl/N-ethyl adjacent to an activating group) is 1. The lowest BCUT2D eigenvalue weighted by molar-refractivity contribution is 0.00948. The van der Waals surface area contributed by atoms with Crippen LogP contribution >= 0.6 is 12.4 Å². The van der Waals surface area contributed by atoms with Gasteiger partial charge in [-0.2, -0.15) is 0 Å². The van der Waals surface area contributed by atoms with Crippen LogP contribution in [-0.4, -0.2) is 25.6 Å². The van der Waals surface area contributed by atoms with Crippen molar-refractivity contribution in [2.45, 2.75) is 19.1 Å². The first kappa shape index (κ1) is 12.5. The van der Waals surface area contributed by atoms with Gasteiger partial charge in [-0.25, -0.2) is 0 Å². The minimum absolute atomic E-state index is 0. The fourth-order valence-electron chi connectivity index (χ4n) is 2.03. The summed E-state index contributed by atoms with van der Waals surface area (Å²) >= 11 is 0. The van der Waals surface area contributed by atoms with E-state index in [2.05, 4.69) is 50.2 Å². The Morgan fingerprint density at radius 2 is 1.80 bits per heavy atom. The maximum absolute atomic E-state index is 5.74. The minimum Gasteiger partial charge on any atom is -0.372 e. The second-order valence-electron chi connectivity index (χ2n) is 4.08. The zero-order valence-corrected chi connectivity index (χ0v) is 10.3. The van der Waals surface area contributed by atoms with Gasteiger partial charge in [0.05, 0.1) is 18.8 Å². The van der Waals surface area contributed by atoms with Crippen molar-refractivity contribution in [1.82, 2.24) is 4.90 Å². The highest BCUT2D eigenvalue weighted by Crippen LogP contribution is 2.33. The Morgan fingerprint density at radius 1 is 1.20 bits per heavy atom. The molecule has 1 aliphatic heterocycles. The Balaban J connectivity index is 0.00000112. The van der Waals surface area contributed by atoms with Crippen LogP contribution in [0.5, 0.6) is 0 Å². The first-order chi connectivity index (χ1) is 6.70. The standard InChI is InChI=1S/C12H17NO.ClH/c1-9-10-6-4-5-7-11(10)12(8-14-9)13(2)3;/h4-7,9,12H,8H2,1-3H3;1H/t9-,12-;/m0./s1. The van der Waals surface area contributed by atoms with Crippen LogP contribution in [0.25, 0.3) is 0 Å². The molecule has 1 aromatic carbocycles. The van der Waals surface area contributed by atoms with E-state index in [0.29, 0.717) is 6.04 Å². The third kappa shape index (κ3) is 2.33. The number of rotatable bonds is 1. The maximum atomic E-state index is 5.74. The van der Waals surface area contributed by atoms with Crippen LogP contribution in [0.15, 0.2) is 24.3 Å². The lowest BCUT2D eigenvalue weighted by Gasteiger charge is -2.33. The summed E-state index contributed by atoms with van der Waals surface area (Å²) in [5.41, 5.74) is 2.74. The average Bonchev–Trinajstić information content (AvgIpc) is 2.18. The molecule has 0 N–H and O–H groups in total. The topological polar surface area (TPSA) is 12.5 Å². The van der Waals surface area contributed by atoms with Crippen LogP contribution in [0.1, 0.15) is 30.2 Å². The first-order valence-electron chi connectivity index (χ1n) is 5.07. The number of halogens is 1. The summed E-state index contributed by atoms with van der Waals surface area (Å²) < 4.78 is 5.74. The minimum atomic E-state index is 0. The van der Waals surface area contributed by atoms with E-state index in [1.807, 2.05) is 0 Å². The van der Waals surface area contributed by atoms with Gasteiger partial charge in [0.1, 0.15) is 0 Å². The third-order valence-electron chi connectivity index (χ3n) is 2.92. The second-order valence-corrected chi connectivity index (χ2v) is 4.08. The summed E-state index contributed by atoms with van der Waals surface area (Å²) in [6.07, 6.45) is 0.238. The van der Waals surface area contributed by atoms with E-state index >= 15 is 0 Å². The van der Waals surface area contributed by atoms with Crippen LogP contribution in [0.4, 0.5) is 0 Å². The van der Waals surface area contributed by atoms with Crippen molar-refractivity contribution in [3.63, 3.8) is 0 Å². The molecule has 3 heteroatoms. The van der Waals surface area contributed by atoms with Gasteiger partial charge < -0.3 is 9.64 Å². The molecule has 2 atom stereocenters. The van der Waals surface area contributed by atoms with Crippen molar-refractivity contribution in [2.24, 2.45) is 0 Å². The summed E-state index contributed by atoms with van der Waals surface area (Å²) in [7, 11) is 4.20. The highest BCUT2D eigenvalue weighted by Gasteiger charge is 2.25. The molecule has 0 bridgehead atoms. The van der Waals surface area contributed by atoms with Gasteiger partial charge in [-0.1, -0.05) is 24.3 Å². The van der Waals surface area contributed by atoms with E-state index in [1.54, 1.807) is 0 Å². The van der Waals surface area contributed by atoms with Gasteiger partial charge in [0.2, 0.25) is 0 Å². The Hall–Kier alpha value is -0.570. The molecule has 84 valence electrons. The van der Waals surface area contributed by atoms with Crippen molar-refractivity contribution in [1.29, 1.82) is 0 Å². The number of hydrogen-bond acceptors (Lipinski definition) is 2. The molecule has 0 unspecified atom stereocenters. The molecule has 0 aromatic heterocycles. The summed E-state index contributed by atoms with van der Waals surface area (Å²) in [4.78, 5) is 2.21. The lowest BCUT2D eigenvalue weighted by Crippen LogP contribution is -2.30. The predicted octanol–water partition coefficient (Wildman–Crippen LogP) is 2.80. The number of ether oxygens (including phenoxy) is 1. The molecule has 0 saturated heterocycles. The van der Waals surface area contributed by atoms with E-state index in [0.717, 1.165) is 6.61 Å². The first-order valence-corrected chi connectivity index (χ1v) is 5.07. The Kier molecular flexibility index (Phi) is 4.14. The van der Waals surface area contributed by atoms with Crippen molar-refractivity contribution in [3.8, 4) is 0 Å². The zero-order valence-electron chi connectivity index (χ0n) is 9.43.